The lowest BCUT2D eigenvalue weighted by molar-refractivity contribution is -0.107. The maximum absolute atomic E-state index is 10.1. The van der Waals surface area contributed by atoms with E-state index in [9.17, 15) is 4.79 Å². The molecule has 0 heterocycles. The summed E-state index contributed by atoms with van der Waals surface area (Å²) in [7, 11) is -1.59. The second-order valence-electron chi connectivity index (χ2n) is 5.29. The number of allylic oxidation sites excluding steroid dienone is 1. The third kappa shape index (κ3) is 5.90. The van der Waals surface area contributed by atoms with Crippen LogP contribution in [-0.4, -0.2) is 21.2 Å². The Hall–Kier alpha value is -0.413. The molecule has 15 heavy (non-hydrogen) atoms. The molecule has 0 bridgehead atoms. The van der Waals surface area contributed by atoms with E-state index in [4.69, 9.17) is 4.43 Å². The molecule has 0 saturated heterocycles. The minimum absolute atomic E-state index is 0.267. The largest absolute Gasteiger partial charge is 0.413 e. The summed E-state index contributed by atoms with van der Waals surface area (Å²) in [4.78, 5) is 10.1. The van der Waals surface area contributed by atoms with Gasteiger partial charge in [-0.1, -0.05) is 32.9 Å². The lowest BCUT2D eigenvalue weighted by atomic mass is 10.2. The van der Waals surface area contributed by atoms with Crippen molar-refractivity contribution in [3.63, 3.8) is 0 Å². The average Bonchev–Trinajstić information content (AvgIpc) is 2.09. The summed E-state index contributed by atoms with van der Waals surface area (Å²) < 4.78 is 5.94. The number of hydrogen-bond acceptors (Lipinski definition) is 2. The van der Waals surface area contributed by atoms with Crippen LogP contribution in [0.5, 0.6) is 0 Å². The summed E-state index contributed by atoms with van der Waals surface area (Å²) in [5.41, 5.74) is 0. The van der Waals surface area contributed by atoms with Crippen molar-refractivity contribution >= 4 is 14.6 Å². The molecule has 0 aromatic carbocycles. The smallest absolute Gasteiger partial charge is 0.192 e. The maximum Gasteiger partial charge on any atom is 0.192 e. The Bertz CT molecular complexity index is 214. The van der Waals surface area contributed by atoms with Crippen molar-refractivity contribution in [2.75, 3.05) is 6.61 Å². The molecule has 0 unspecified atom stereocenters. The highest BCUT2D eigenvalue weighted by molar-refractivity contribution is 6.74. The van der Waals surface area contributed by atoms with E-state index >= 15 is 0 Å². The van der Waals surface area contributed by atoms with E-state index in [0.717, 1.165) is 12.7 Å². The molecule has 0 aliphatic rings. The topological polar surface area (TPSA) is 26.3 Å². The van der Waals surface area contributed by atoms with Gasteiger partial charge in [0.1, 0.15) is 6.29 Å². The summed E-state index contributed by atoms with van der Waals surface area (Å²) in [5, 5.41) is 0.267. The minimum atomic E-state index is -1.59. The Morgan fingerprint density at radius 1 is 1.13 bits per heavy atom. The maximum atomic E-state index is 10.1. The molecule has 2 nitrogen and oxygen atoms in total. The van der Waals surface area contributed by atoms with Crippen LogP contribution >= 0.6 is 0 Å². The van der Waals surface area contributed by atoms with Crippen LogP contribution in [-0.2, 0) is 9.22 Å². The monoisotopic (exact) mass is 228 g/mol. The number of carbonyl (C=O) groups is 1. The fourth-order valence-electron chi connectivity index (χ4n) is 0.823. The summed E-state index contributed by atoms with van der Waals surface area (Å²) >= 11 is 0. The van der Waals surface area contributed by atoms with Crippen LogP contribution in [0.25, 0.3) is 0 Å². The quantitative estimate of drug-likeness (QED) is 0.301. The number of unbranched alkanes of at least 4 members (excludes halogenated alkanes) is 1. The zero-order valence-corrected chi connectivity index (χ0v) is 11.7. The Morgan fingerprint density at radius 3 is 2.20 bits per heavy atom. The standard InChI is InChI=1S/C12H24O2Si/c1-12(2,3)15(4,5)14-11-9-7-6-8-10-13/h7,9-10H,6,8,11H2,1-5H3/b9-7+. The predicted octanol–water partition coefficient (Wildman–Crippen LogP) is 3.54. The molecular weight excluding hydrogens is 204 g/mol. The van der Waals surface area contributed by atoms with Crippen LogP contribution in [0.2, 0.25) is 18.1 Å². The normalized spacial score (nSPS) is 13.4. The third-order valence-electron chi connectivity index (χ3n) is 2.96. The Balaban J connectivity index is 3.85. The molecule has 88 valence electrons. The van der Waals surface area contributed by atoms with Gasteiger partial charge in [-0.3, -0.25) is 0 Å². The highest BCUT2D eigenvalue weighted by Crippen LogP contribution is 2.36. The van der Waals surface area contributed by atoms with Crippen molar-refractivity contribution in [1.29, 1.82) is 0 Å². The van der Waals surface area contributed by atoms with Gasteiger partial charge >= 0.3 is 0 Å². The van der Waals surface area contributed by atoms with Crippen LogP contribution in [0.4, 0.5) is 0 Å². The molecule has 0 aliphatic carbocycles. The van der Waals surface area contributed by atoms with Gasteiger partial charge in [-0.2, -0.15) is 0 Å². The molecule has 0 atom stereocenters. The molecule has 0 aromatic heterocycles. The van der Waals surface area contributed by atoms with E-state index in [-0.39, 0.29) is 5.04 Å². The van der Waals surface area contributed by atoms with E-state index in [1.165, 1.54) is 0 Å². The van der Waals surface area contributed by atoms with Gasteiger partial charge in [0.15, 0.2) is 8.32 Å². The first-order valence-corrected chi connectivity index (χ1v) is 8.44. The predicted molar refractivity (Wildman–Crippen MR) is 67.6 cm³/mol. The molecule has 0 aromatic rings. The van der Waals surface area contributed by atoms with Crippen molar-refractivity contribution < 1.29 is 9.22 Å². The van der Waals surface area contributed by atoms with Gasteiger partial charge in [-0.15, -0.1) is 0 Å². The van der Waals surface area contributed by atoms with Crippen molar-refractivity contribution in [3.05, 3.63) is 12.2 Å². The average molecular weight is 228 g/mol. The van der Waals surface area contributed by atoms with Gasteiger partial charge in [-0.25, -0.2) is 0 Å². The van der Waals surface area contributed by atoms with Crippen LogP contribution in [0.1, 0.15) is 33.6 Å². The highest BCUT2D eigenvalue weighted by atomic mass is 28.4. The number of carbonyl (C=O) groups excluding carboxylic acids is 1. The van der Waals surface area contributed by atoms with E-state index in [0.29, 0.717) is 13.0 Å². The first-order chi connectivity index (χ1) is 6.81. The second-order valence-corrected chi connectivity index (χ2v) is 10.1. The van der Waals surface area contributed by atoms with Crippen molar-refractivity contribution in [2.45, 2.75) is 51.7 Å². The lowest BCUT2D eigenvalue weighted by Gasteiger charge is -2.35. The van der Waals surface area contributed by atoms with E-state index in [2.05, 4.69) is 33.9 Å². The van der Waals surface area contributed by atoms with Crippen molar-refractivity contribution in [2.24, 2.45) is 0 Å². The Morgan fingerprint density at radius 2 is 1.73 bits per heavy atom. The zero-order chi connectivity index (χ0) is 11.9. The highest BCUT2D eigenvalue weighted by Gasteiger charge is 2.36. The Kier molecular flexibility index (Phi) is 6.06. The van der Waals surface area contributed by atoms with E-state index in [1.807, 2.05) is 12.2 Å². The zero-order valence-electron chi connectivity index (χ0n) is 10.7. The minimum Gasteiger partial charge on any atom is -0.413 e. The molecule has 0 fully saturated rings. The summed E-state index contributed by atoms with van der Waals surface area (Å²) in [6, 6.07) is 0. The van der Waals surface area contributed by atoms with Gasteiger partial charge in [-0.05, 0) is 24.6 Å². The SMILES string of the molecule is CC(C)(C)[Si](C)(C)OC/C=C/CCC=O. The molecule has 0 amide bonds. The summed E-state index contributed by atoms with van der Waals surface area (Å²) in [5.74, 6) is 0. The molecule has 0 N–H and O–H groups in total. The molecule has 0 saturated carbocycles. The fourth-order valence-corrected chi connectivity index (χ4v) is 1.77. The molecule has 0 radical (unpaired) electrons. The first kappa shape index (κ1) is 14.6. The van der Waals surface area contributed by atoms with Crippen LogP contribution in [0.15, 0.2) is 12.2 Å². The van der Waals surface area contributed by atoms with Crippen LogP contribution in [0.3, 0.4) is 0 Å². The van der Waals surface area contributed by atoms with Gasteiger partial charge in [0, 0.05) is 6.42 Å². The van der Waals surface area contributed by atoms with E-state index < -0.39 is 8.32 Å². The molecule has 0 aliphatic heterocycles. The second kappa shape index (κ2) is 6.23. The van der Waals surface area contributed by atoms with E-state index in [1.54, 1.807) is 0 Å². The van der Waals surface area contributed by atoms with Gasteiger partial charge in [0.25, 0.3) is 0 Å². The van der Waals surface area contributed by atoms with Gasteiger partial charge in [0.05, 0.1) is 6.61 Å². The third-order valence-corrected chi connectivity index (χ3v) is 7.47. The number of hydrogen-bond donors (Lipinski definition) is 0. The molecule has 0 rings (SSSR count). The molecular formula is C12H24O2Si. The number of rotatable bonds is 6. The van der Waals surface area contributed by atoms with Crippen LogP contribution in [0, 0.1) is 0 Å². The Labute approximate surface area is 94.8 Å². The molecule has 0 spiro atoms. The van der Waals surface area contributed by atoms with Crippen molar-refractivity contribution in [1.82, 2.24) is 0 Å². The van der Waals surface area contributed by atoms with Crippen LogP contribution < -0.4 is 0 Å². The number of aldehydes is 1. The summed E-state index contributed by atoms with van der Waals surface area (Å²) in [6.45, 7) is 11.9. The lowest BCUT2D eigenvalue weighted by Crippen LogP contribution is -2.40. The first-order valence-electron chi connectivity index (χ1n) is 5.54. The van der Waals surface area contributed by atoms with Gasteiger partial charge < -0.3 is 9.22 Å². The molecule has 3 heteroatoms. The van der Waals surface area contributed by atoms with Crippen molar-refractivity contribution in [3.8, 4) is 0 Å². The van der Waals surface area contributed by atoms with Gasteiger partial charge in [0.2, 0.25) is 0 Å². The summed E-state index contributed by atoms with van der Waals surface area (Å²) in [6.07, 6.45) is 6.41. The fraction of sp³-hybridized carbons (Fsp3) is 0.750.